The molecule has 86 heavy (non-hydrogen) atoms. The predicted octanol–water partition coefficient (Wildman–Crippen LogP) is 9.08. The first-order valence-electron chi connectivity index (χ1n) is 31.2. The Labute approximate surface area is 516 Å². The number of carbonyl (C=O) groups is 8. The molecule has 9 unspecified atom stereocenters. The number of aliphatic hydroxyl groups excluding tert-OH is 1. The van der Waals surface area contributed by atoms with Crippen molar-refractivity contribution < 1.29 is 67.9 Å². The zero-order valence-corrected chi connectivity index (χ0v) is 57.6. The number of rotatable bonds is 32. The Morgan fingerprint density at radius 2 is 1.43 bits per heavy atom. The highest BCUT2D eigenvalue weighted by Crippen LogP contribution is 2.41. The summed E-state index contributed by atoms with van der Waals surface area (Å²) in [6, 6.07) is 6.33. The van der Waals surface area contributed by atoms with Crippen LogP contribution in [-0.4, -0.2) is 194 Å². The maximum atomic E-state index is 15.2. The van der Waals surface area contributed by atoms with Crippen LogP contribution in [0.25, 0.3) is 0 Å². The van der Waals surface area contributed by atoms with E-state index in [0.29, 0.717) is 56.3 Å². The van der Waals surface area contributed by atoms with E-state index in [9.17, 15) is 48.9 Å². The number of nitrogens with one attached hydrogen (secondary N) is 2. The second-order valence-electron chi connectivity index (χ2n) is 28.0. The Morgan fingerprint density at radius 3 is 1.95 bits per heavy atom. The van der Waals surface area contributed by atoms with Gasteiger partial charge in [-0.3, -0.25) is 33.7 Å². The summed E-state index contributed by atoms with van der Waals surface area (Å²) in [7, 11) is 2.33. The Kier molecular flexibility index (Phi) is 28.7. The third-order valence-electron chi connectivity index (χ3n) is 18.0. The van der Waals surface area contributed by atoms with E-state index in [1.807, 2.05) is 52.0 Å². The molecule has 0 aromatic heterocycles. The molecule has 1 fully saturated rings. The number of carboxylic acid groups (broad SMARTS) is 2. The maximum Gasteiger partial charge on any atom is 0.410 e. The standard InChI is InChI=1S/C64H110N6O14Si2/c1-20-43(6)54(49(82-12)39-50(71)69-35-26-30-48(69)56(83-13)44(7)57(75)65-45(8)55(74)46-27-22-21-23-28-46)67(10)59(77)52(41(2)3)66-58(76)53(42(4)5)68(11)62(81)84-47-29-24-25-32-63(9,33-31-47)60(78)70(36-38-86(17,18)19)64(61(79)80,40-51(72)73)34-37-85(14,15)16/h21-24,27-29,41-45,47-49,52-56,74H,20,25-26,30-40H2,1-19H3,(H,65,75)(H,66,76)(H,72,73)(H,79,80)/b29-24+/t43?,44?,45?,47-,48-,49?,52?,53?,54?,55?,56?,63+,64-/m0/s1. The normalized spacial score (nSPS) is 21.8. The van der Waals surface area contributed by atoms with Gasteiger partial charge >= 0.3 is 18.0 Å². The van der Waals surface area contributed by atoms with E-state index in [0.717, 1.165) is 0 Å². The van der Waals surface area contributed by atoms with Gasteiger partial charge in [-0.15, -0.1) is 0 Å². The molecule has 0 saturated carbocycles. The molecule has 3 rings (SSSR count). The molecule has 1 aromatic rings. The molecule has 1 aromatic carbocycles. The largest absolute Gasteiger partial charge is 0.481 e. The molecular weight excluding hydrogens is 1130 g/mol. The van der Waals surface area contributed by atoms with Crippen molar-refractivity contribution in [2.75, 3.05) is 41.4 Å². The molecule has 13 atom stereocenters. The smallest absolute Gasteiger partial charge is 0.410 e. The summed E-state index contributed by atoms with van der Waals surface area (Å²) in [4.78, 5) is 119. The van der Waals surface area contributed by atoms with E-state index < -0.39 is 142 Å². The minimum Gasteiger partial charge on any atom is -0.481 e. The van der Waals surface area contributed by atoms with Crippen LogP contribution in [0, 0.1) is 29.1 Å². The molecule has 0 spiro atoms. The van der Waals surface area contributed by atoms with Crippen molar-refractivity contribution in [1.82, 2.24) is 30.2 Å². The number of amides is 6. The van der Waals surface area contributed by atoms with E-state index >= 15 is 4.79 Å². The van der Waals surface area contributed by atoms with Crippen LogP contribution < -0.4 is 10.6 Å². The molecule has 1 aliphatic heterocycles. The highest BCUT2D eigenvalue weighted by molar-refractivity contribution is 6.76. The Morgan fingerprint density at radius 1 is 0.814 bits per heavy atom. The highest BCUT2D eigenvalue weighted by Gasteiger charge is 2.53. The third kappa shape index (κ3) is 20.4. The first-order chi connectivity index (χ1) is 39.9. The van der Waals surface area contributed by atoms with Crippen LogP contribution in [0.15, 0.2) is 42.5 Å². The summed E-state index contributed by atoms with van der Waals surface area (Å²) >= 11 is 0. The van der Waals surface area contributed by atoms with Crippen LogP contribution in [0.3, 0.4) is 0 Å². The number of aliphatic carboxylic acids is 2. The van der Waals surface area contributed by atoms with Crippen molar-refractivity contribution in [3.05, 3.63) is 48.0 Å². The summed E-state index contributed by atoms with van der Waals surface area (Å²) in [6.07, 6.45) is 1.80. The number of carbonyl (C=O) groups excluding carboxylic acids is 6. The summed E-state index contributed by atoms with van der Waals surface area (Å²) < 4.78 is 18.2. The molecule has 20 nitrogen and oxygen atoms in total. The molecule has 2 aliphatic rings. The minimum atomic E-state index is -1.96. The van der Waals surface area contributed by atoms with Gasteiger partial charge in [0.05, 0.1) is 55.2 Å². The van der Waals surface area contributed by atoms with Gasteiger partial charge < -0.3 is 54.9 Å². The number of likely N-dealkylation sites (tertiary alicyclic amines) is 1. The lowest BCUT2D eigenvalue weighted by Crippen LogP contribution is -2.62. The molecule has 1 aliphatic carbocycles. The van der Waals surface area contributed by atoms with Crippen molar-refractivity contribution >= 4 is 63.7 Å². The van der Waals surface area contributed by atoms with Gasteiger partial charge in [-0.25, -0.2) is 9.59 Å². The molecule has 5 N–H and O–H groups in total. The number of ether oxygens (including phenoxy) is 3. The summed E-state index contributed by atoms with van der Waals surface area (Å²) in [5, 5.41) is 38.1. The summed E-state index contributed by atoms with van der Waals surface area (Å²) in [5.74, 6) is -6.34. The van der Waals surface area contributed by atoms with E-state index in [1.165, 1.54) is 31.1 Å². The number of methoxy groups -OCH3 is 2. The number of benzene rings is 1. The van der Waals surface area contributed by atoms with Crippen molar-refractivity contribution in [2.24, 2.45) is 29.1 Å². The average molecular weight is 1240 g/mol. The van der Waals surface area contributed by atoms with Gasteiger partial charge in [-0.05, 0) is 87.3 Å². The fraction of sp³-hybridized carbons (Fsp3) is 0.750. The van der Waals surface area contributed by atoms with Crippen molar-refractivity contribution in [2.45, 2.75) is 238 Å². The zero-order valence-electron chi connectivity index (χ0n) is 55.6. The molecule has 1 saturated heterocycles. The fourth-order valence-electron chi connectivity index (χ4n) is 12.3. The molecule has 488 valence electrons. The topological polar surface area (TPSA) is 262 Å². The van der Waals surface area contributed by atoms with Gasteiger partial charge in [0.2, 0.25) is 29.5 Å². The van der Waals surface area contributed by atoms with Crippen LogP contribution in [-0.2, 0) is 47.8 Å². The molecule has 6 amide bonds. The predicted molar refractivity (Wildman–Crippen MR) is 340 cm³/mol. The van der Waals surface area contributed by atoms with E-state index in [4.69, 9.17) is 14.2 Å². The van der Waals surface area contributed by atoms with Crippen LogP contribution in [0.5, 0.6) is 0 Å². The summed E-state index contributed by atoms with van der Waals surface area (Å²) in [5.41, 5.74) is -2.43. The van der Waals surface area contributed by atoms with Crippen molar-refractivity contribution in [1.29, 1.82) is 0 Å². The highest BCUT2D eigenvalue weighted by atomic mass is 28.3. The average Bonchev–Trinajstić information content (AvgIpc) is 1.34. The fourth-order valence-corrected chi connectivity index (χ4v) is 14.3. The third-order valence-corrected chi connectivity index (χ3v) is 21.5. The van der Waals surface area contributed by atoms with E-state index in [1.54, 1.807) is 69.7 Å². The second-order valence-corrected chi connectivity index (χ2v) is 39.2. The molecular formula is C64H110N6O14Si2. The lowest BCUT2D eigenvalue weighted by molar-refractivity contribution is -0.168. The number of aliphatic hydroxyl groups is 1. The van der Waals surface area contributed by atoms with Gasteiger partial charge in [0.1, 0.15) is 18.2 Å². The van der Waals surface area contributed by atoms with Gasteiger partial charge in [-0.2, -0.15) is 0 Å². The molecule has 0 bridgehead atoms. The maximum absolute atomic E-state index is 15.2. The number of allylic oxidation sites excluding steroid dienone is 1. The molecule has 1 heterocycles. The quantitative estimate of drug-likeness (QED) is 0.0333. The first kappa shape index (κ1) is 75.1. The van der Waals surface area contributed by atoms with Crippen LogP contribution in [0.1, 0.15) is 138 Å². The van der Waals surface area contributed by atoms with E-state index in [2.05, 4.69) is 49.9 Å². The lowest BCUT2D eigenvalue weighted by Gasteiger charge is -2.46. The van der Waals surface area contributed by atoms with Crippen LogP contribution >= 0.6 is 0 Å². The number of hydrogen-bond acceptors (Lipinski definition) is 12. The monoisotopic (exact) mass is 1240 g/mol. The molecule has 0 radical (unpaired) electrons. The second kappa shape index (κ2) is 32.9. The van der Waals surface area contributed by atoms with Crippen molar-refractivity contribution in [3.8, 4) is 0 Å². The van der Waals surface area contributed by atoms with Gasteiger partial charge in [0, 0.05) is 63.0 Å². The Balaban J connectivity index is 1.83. The SMILES string of the molecule is CCC(C)C(C(CC(=O)N1CCC[C@H]1C(OC)C(C)C(=O)NC(C)C(O)c1ccccc1)OC)N(C)C(=O)C(NC(=O)C(C(C)C)N(C)C(=O)O[C@H]1/C=C/CC[C@@](C)(C(=O)N(CC[Si](C)(C)C)[C@@](CC[Si](C)(C)C)(CC(=O)O)C(=O)O)CC1)C(C)C. The van der Waals surface area contributed by atoms with Gasteiger partial charge in [0.15, 0.2) is 5.54 Å². The Bertz CT molecular complexity index is 2450. The van der Waals surface area contributed by atoms with E-state index in [-0.39, 0.29) is 50.0 Å². The Hall–Kier alpha value is -5.17. The van der Waals surface area contributed by atoms with Crippen molar-refractivity contribution in [3.63, 3.8) is 0 Å². The van der Waals surface area contributed by atoms with Gasteiger partial charge in [0.25, 0.3) is 0 Å². The number of hydrogen-bond donors (Lipinski definition) is 5. The van der Waals surface area contributed by atoms with Gasteiger partial charge in [-0.1, -0.05) is 144 Å². The minimum absolute atomic E-state index is 0.0126. The first-order valence-corrected chi connectivity index (χ1v) is 38.7. The lowest BCUT2D eigenvalue weighted by atomic mass is 9.76. The number of nitrogens with zero attached hydrogens (tertiary/aromatic N) is 4. The number of carboxylic acids is 2. The van der Waals surface area contributed by atoms with Crippen LogP contribution in [0.4, 0.5) is 4.79 Å². The van der Waals surface area contributed by atoms with Crippen LogP contribution in [0.2, 0.25) is 51.4 Å². The molecule has 22 heteroatoms. The zero-order chi connectivity index (χ0) is 65.4. The number of likely N-dealkylation sites (N-methyl/N-ethyl adjacent to an activating group) is 2. The summed E-state index contributed by atoms with van der Waals surface area (Å²) in [6.45, 7) is 29.6.